The van der Waals surface area contributed by atoms with Crippen LogP contribution in [0.25, 0.3) is 5.69 Å². The van der Waals surface area contributed by atoms with Gasteiger partial charge in [0.25, 0.3) is 0 Å². The van der Waals surface area contributed by atoms with Crippen LogP contribution in [0.2, 0.25) is 0 Å². The Morgan fingerprint density at radius 2 is 2.14 bits per heavy atom. The number of amides is 2. The van der Waals surface area contributed by atoms with Gasteiger partial charge in [-0.1, -0.05) is 23.4 Å². The van der Waals surface area contributed by atoms with E-state index in [1.807, 2.05) is 37.3 Å². The van der Waals surface area contributed by atoms with Gasteiger partial charge in [0.1, 0.15) is 5.69 Å². The molecule has 0 fully saturated rings. The summed E-state index contributed by atoms with van der Waals surface area (Å²) in [5, 5.41) is 19.8. The van der Waals surface area contributed by atoms with Crippen LogP contribution >= 0.6 is 0 Å². The molecule has 1 aromatic heterocycles. The fourth-order valence-electron chi connectivity index (χ4n) is 1.80. The maximum absolute atomic E-state index is 11.8. The molecular weight excluding hydrogens is 270 g/mol. The van der Waals surface area contributed by atoms with E-state index in [9.17, 15) is 4.79 Å². The Morgan fingerprint density at radius 1 is 1.43 bits per heavy atom. The Balaban J connectivity index is 2.02. The van der Waals surface area contributed by atoms with Crippen molar-refractivity contribution in [1.82, 2.24) is 25.2 Å². The molecule has 112 valence electrons. The zero-order chi connectivity index (χ0) is 15.2. The summed E-state index contributed by atoms with van der Waals surface area (Å²) < 4.78 is 1.66. The van der Waals surface area contributed by atoms with E-state index in [1.54, 1.807) is 17.9 Å². The van der Waals surface area contributed by atoms with Crippen molar-refractivity contribution in [3.63, 3.8) is 0 Å². The first kappa shape index (κ1) is 15.0. The molecule has 0 radical (unpaired) electrons. The lowest BCUT2D eigenvalue weighted by molar-refractivity contribution is 0.187. The van der Waals surface area contributed by atoms with Crippen molar-refractivity contribution in [2.24, 2.45) is 0 Å². The summed E-state index contributed by atoms with van der Waals surface area (Å²) in [7, 11) is 1.62. The molecule has 7 nitrogen and oxygen atoms in total. The number of rotatable bonds is 5. The van der Waals surface area contributed by atoms with E-state index in [-0.39, 0.29) is 25.2 Å². The molecule has 0 spiro atoms. The average Bonchev–Trinajstić information content (AvgIpc) is 2.98. The normalized spacial score (nSPS) is 12.0. The van der Waals surface area contributed by atoms with E-state index < -0.39 is 0 Å². The minimum absolute atomic E-state index is 0.0670. The first-order valence-electron chi connectivity index (χ1n) is 6.72. The molecule has 2 aromatic rings. The third kappa shape index (κ3) is 3.79. The highest BCUT2D eigenvalue weighted by Crippen LogP contribution is 2.11. The topological polar surface area (TPSA) is 83.3 Å². The second-order valence-corrected chi connectivity index (χ2v) is 4.74. The maximum atomic E-state index is 11.8. The molecule has 7 heteroatoms. The van der Waals surface area contributed by atoms with Gasteiger partial charge in [-0.25, -0.2) is 9.48 Å². The van der Waals surface area contributed by atoms with Crippen molar-refractivity contribution >= 4 is 6.03 Å². The fourth-order valence-corrected chi connectivity index (χ4v) is 1.80. The molecule has 1 aromatic carbocycles. The lowest BCUT2D eigenvalue weighted by atomic mass is 10.2. The van der Waals surface area contributed by atoms with Gasteiger partial charge in [-0.05, 0) is 19.1 Å². The molecule has 1 heterocycles. The number of benzene rings is 1. The number of aliphatic hydroxyl groups excluding tert-OH is 1. The van der Waals surface area contributed by atoms with Crippen molar-refractivity contribution in [3.8, 4) is 5.69 Å². The van der Waals surface area contributed by atoms with Crippen LogP contribution in [0.1, 0.15) is 18.7 Å². The number of hydrogen-bond acceptors (Lipinski definition) is 4. The van der Waals surface area contributed by atoms with Gasteiger partial charge in [-0.15, -0.1) is 5.10 Å². The van der Waals surface area contributed by atoms with Crippen molar-refractivity contribution in [2.45, 2.75) is 13.0 Å². The quantitative estimate of drug-likeness (QED) is 0.859. The first-order valence-corrected chi connectivity index (χ1v) is 6.72. The molecule has 0 bridgehead atoms. The number of carbonyl (C=O) groups excluding carboxylic acids is 1. The lowest BCUT2D eigenvalue weighted by Gasteiger charge is -2.19. The standard InChI is InChI=1S/C14H19N5O2/c1-11(15-14(21)18(2)8-9-20)13-10-19(17-16-13)12-6-4-3-5-7-12/h3-7,10-11,20H,8-9H2,1-2H3,(H,15,21). The van der Waals surface area contributed by atoms with Crippen molar-refractivity contribution in [3.05, 3.63) is 42.2 Å². The molecule has 0 aliphatic heterocycles. The van der Waals surface area contributed by atoms with E-state index in [1.165, 1.54) is 4.90 Å². The molecule has 1 atom stereocenters. The van der Waals surface area contributed by atoms with Crippen LogP contribution in [0.4, 0.5) is 4.79 Å². The number of urea groups is 1. The molecule has 0 aliphatic rings. The van der Waals surface area contributed by atoms with E-state index in [0.29, 0.717) is 5.69 Å². The molecule has 2 amide bonds. The highest BCUT2D eigenvalue weighted by atomic mass is 16.3. The minimum Gasteiger partial charge on any atom is -0.395 e. The third-order valence-corrected chi connectivity index (χ3v) is 3.10. The molecule has 2 rings (SSSR count). The number of likely N-dealkylation sites (N-methyl/N-ethyl adjacent to an activating group) is 1. The highest BCUT2D eigenvalue weighted by Gasteiger charge is 2.15. The summed E-state index contributed by atoms with van der Waals surface area (Å²) >= 11 is 0. The molecule has 0 aliphatic carbocycles. The summed E-state index contributed by atoms with van der Waals surface area (Å²) in [6, 6.07) is 9.11. The summed E-state index contributed by atoms with van der Waals surface area (Å²) in [5.74, 6) is 0. The Labute approximate surface area is 123 Å². The minimum atomic E-state index is -0.267. The van der Waals surface area contributed by atoms with Crippen molar-refractivity contribution < 1.29 is 9.90 Å². The van der Waals surface area contributed by atoms with Gasteiger partial charge in [-0.2, -0.15) is 0 Å². The largest absolute Gasteiger partial charge is 0.395 e. The van der Waals surface area contributed by atoms with Gasteiger partial charge in [-0.3, -0.25) is 0 Å². The van der Waals surface area contributed by atoms with E-state index in [2.05, 4.69) is 15.6 Å². The van der Waals surface area contributed by atoms with Crippen LogP contribution in [0.5, 0.6) is 0 Å². The SMILES string of the molecule is CC(NC(=O)N(C)CCO)c1cn(-c2ccccc2)nn1. The summed E-state index contributed by atoms with van der Waals surface area (Å²) in [6.07, 6.45) is 1.78. The molecular formula is C14H19N5O2. The van der Waals surface area contributed by atoms with Gasteiger partial charge in [0.15, 0.2) is 0 Å². The predicted molar refractivity (Wildman–Crippen MR) is 78.0 cm³/mol. The Morgan fingerprint density at radius 3 is 2.81 bits per heavy atom. The van der Waals surface area contributed by atoms with Crippen LogP contribution in [0.3, 0.4) is 0 Å². The fraction of sp³-hybridized carbons (Fsp3) is 0.357. The van der Waals surface area contributed by atoms with Crippen LogP contribution in [-0.4, -0.2) is 51.2 Å². The predicted octanol–water partition coefficient (Wildman–Crippen LogP) is 0.962. The zero-order valence-corrected chi connectivity index (χ0v) is 12.1. The number of carbonyl (C=O) groups is 1. The van der Waals surface area contributed by atoms with Gasteiger partial charge >= 0.3 is 6.03 Å². The van der Waals surface area contributed by atoms with Crippen LogP contribution in [0, 0.1) is 0 Å². The molecule has 21 heavy (non-hydrogen) atoms. The van der Waals surface area contributed by atoms with Crippen molar-refractivity contribution in [2.75, 3.05) is 20.2 Å². The monoisotopic (exact) mass is 289 g/mol. The Kier molecular flexibility index (Phi) is 4.89. The second-order valence-electron chi connectivity index (χ2n) is 4.74. The molecule has 0 saturated carbocycles. The first-order chi connectivity index (χ1) is 10.1. The average molecular weight is 289 g/mol. The summed E-state index contributed by atoms with van der Waals surface area (Å²) in [4.78, 5) is 13.3. The maximum Gasteiger partial charge on any atom is 0.317 e. The zero-order valence-electron chi connectivity index (χ0n) is 12.1. The van der Waals surface area contributed by atoms with Gasteiger partial charge in [0.2, 0.25) is 0 Å². The number of aromatic nitrogens is 3. The Bertz CT molecular complexity index is 584. The Hall–Kier alpha value is -2.41. The summed E-state index contributed by atoms with van der Waals surface area (Å²) in [5.41, 5.74) is 1.58. The lowest BCUT2D eigenvalue weighted by Crippen LogP contribution is -2.40. The number of aliphatic hydroxyl groups is 1. The van der Waals surface area contributed by atoms with E-state index in [4.69, 9.17) is 5.11 Å². The van der Waals surface area contributed by atoms with Gasteiger partial charge in [0.05, 0.1) is 24.5 Å². The number of hydrogen-bond donors (Lipinski definition) is 2. The van der Waals surface area contributed by atoms with E-state index in [0.717, 1.165) is 5.69 Å². The summed E-state index contributed by atoms with van der Waals surface area (Å²) in [6.45, 7) is 2.06. The number of para-hydroxylation sites is 1. The van der Waals surface area contributed by atoms with Crippen molar-refractivity contribution in [1.29, 1.82) is 0 Å². The van der Waals surface area contributed by atoms with Gasteiger partial charge in [0, 0.05) is 13.6 Å². The van der Waals surface area contributed by atoms with E-state index >= 15 is 0 Å². The van der Waals surface area contributed by atoms with Gasteiger partial charge < -0.3 is 15.3 Å². The van der Waals surface area contributed by atoms with Crippen LogP contribution in [0.15, 0.2) is 36.5 Å². The highest BCUT2D eigenvalue weighted by molar-refractivity contribution is 5.74. The van der Waals surface area contributed by atoms with Crippen LogP contribution < -0.4 is 5.32 Å². The third-order valence-electron chi connectivity index (χ3n) is 3.10. The number of nitrogens with zero attached hydrogens (tertiary/aromatic N) is 4. The second kappa shape index (κ2) is 6.85. The molecule has 2 N–H and O–H groups in total. The smallest absolute Gasteiger partial charge is 0.317 e. The van der Waals surface area contributed by atoms with Crippen LogP contribution in [-0.2, 0) is 0 Å². The number of nitrogens with one attached hydrogen (secondary N) is 1. The molecule has 1 unspecified atom stereocenters. The molecule has 0 saturated heterocycles.